The van der Waals surface area contributed by atoms with Gasteiger partial charge in [0, 0.05) is 46.8 Å². The van der Waals surface area contributed by atoms with Gasteiger partial charge in [-0.3, -0.25) is 19.2 Å². The molecule has 3 amide bonds. The maximum atomic E-state index is 12.8. The van der Waals surface area contributed by atoms with Gasteiger partial charge >= 0.3 is 11.8 Å². The molecular weight excluding hydrogens is 593 g/mol. The molecule has 1 saturated heterocycles. The maximum Gasteiger partial charge on any atom is 0.313 e. The summed E-state index contributed by atoms with van der Waals surface area (Å²) in [5.74, 6) is -1.88. The molecular formula is C28H24BrCl2N3O4. The van der Waals surface area contributed by atoms with Crippen LogP contribution in [-0.4, -0.2) is 41.5 Å². The van der Waals surface area contributed by atoms with Crippen LogP contribution < -0.4 is 10.6 Å². The van der Waals surface area contributed by atoms with E-state index in [0.29, 0.717) is 59.3 Å². The number of anilines is 1. The van der Waals surface area contributed by atoms with Crippen molar-refractivity contribution in [1.29, 1.82) is 0 Å². The van der Waals surface area contributed by atoms with Crippen molar-refractivity contribution < 1.29 is 19.2 Å². The molecule has 1 heterocycles. The molecule has 0 radical (unpaired) electrons. The standard InChI is InChI=1S/C28H24BrCl2N3O4/c29-21-6-3-19(4-7-21)26(36)32-16-17-1-8-22(9-2-17)33-27(37)28(38)34-13-11-18(12-14-34)25(35)20-5-10-23(30)24(31)15-20/h1-10,15,18H,11-14,16H2,(H,32,36)(H,33,37). The number of rotatable bonds is 6. The molecule has 0 aliphatic carbocycles. The molecule has 2 N–H and O–H groups in total. The van der Waals surface area contributed by atoms with E-state index in [1.807, 2.05) is 0 Å². The van der Waals surface area contributed by atoms with Crippen molar-refractivity contribution in [3.8, 4) is 0 Å². The summed E-state index contributed by atoms with van der Waals surface area (Å²) in [6.45, 7) is 0.930. The largest absolute Gasteiger partial charge is 0.348 e. The quantitative estimate of drug-likeness (QED) is 0.272. The fourth-order valence-electron chi connectivity index (χ4n) is 4.15. The fourth-order valence-corrected chi connectivity index (χ4v) is 4.71. The van der Waals surface area contributed by atoms with Crippen molar-refractivity contribution in [3.63, 3.8) is 0 Å². The van der Waals surface area contributed by atoms with Gasteiger partial charge in [0.25, 0.3) is 5.91 Å². The summed E-state index contributed by atoms with van der Waals surface area (Å²) in [6, 6.07) is 18.7. The predicted molar refractivity (Wildman–Crippen MR) is 150 cm³/mol. The summed E-state index contributed by atoms with van der Waals surface area (Å²) in [5.41, 5.74) is 2.35. The van der Waals surface area contributed by atoms with Crippen molar-refractivity contribution >= 4 is 68.3 Å². The van der Waals surface area contributed by atoms with Crippen LogP contribution in [0, 0.1) is 5.92 Å². The van der Waals surface area contributed by atoms with Crippen molar-refractivity contribution in [2.45, 2.75) is 19.4 Å². The fraction of sp³-hybridized carbons (Fsp3) is 0.214. The summed E-state index contributed by atoms with van der Waals surface area (Å²) in [5, 5.41) is 6.16. The third kappa shape index (κ3) is 7.01. The first kappa shape index (κ1) is 27.8. The number of Topliss-reactive ketones (excluding diaryl/α,β-unsaturated/α-hetero) is 1. The number of benzene rings is 3. The summed E-state index contributed by atoms with van der Waals surface area (Å²) in [4.78, 5) is 51.7. The van der Waals surface area contributed by atoms with Crippen LogP contribution in [-0.2, 0) is 16.1 Å². The second kappa shape index (κ2) is 12.6. The van der Waals surface area contributed by atoms with Crippen LogP contribution >= 0.6 is 39.1 Å². The average Bonchev–Trinajstić information content (AvgIpc) is 2.93. The maximum absolute atomic E-state index is 12.8. The number of amides is 3. The zero-order valence-corrected chi connectivity index (χ0v) is 23.3. The lowest BCUT2D eigenvalue weighted by Crippen LogP contribution is -2.45. The van der Waals surface area contributed by atoms with Gasteiger partial charge in [0.1, 0.15) is 0 Å². The molecule has 0 spiro atoms. The van der Waals surface area contributed by atoms with Crippen molar-refractivity contribution in [3.05, 3.63) is 97.9 Å². The second-order valence-electron chi connectivity index (χ2n) is 8.90. The highest BCUT2D eigenvalue weighted by molar-refractivity contribution is 9.10. The Bertz CT molecular complexity index is 1360. The van der Waals surface area contributed by atoms with E-state index in [9.17, 15) is 19.2 Å². The second-order valence-corrected chi connectivity index (χ2v) is 10.6. The summed E-state index contributed by atoms with van der Waals surface area (Å²) in [7, 11) is 0. The van der Waals surface area contributed by atoms with Gasteiger partial charge in [0.05, 0.1) is 10.0 Å². The Morgan fingerprint density at radius 2 is 1.47 bits per heavy atom. The molecule has 1 fully saturated rings. The molecule has 4 rings (SSSR count). The number of hydrogen-bond donors (Lipinski definition) is 2. The van der Waals surface area contributed by atoms with Crippen LogP contribution in [0.5, 0.6) is 0 Å². The van der Waals surface area contributed by atoms with Gasteiger partial charge < -0.3 is 15.5 Å². The van der Waals surface area contributed by atoms with Crippen LogP contribution in [0.1, 0.15) is 39.1 Å². The molecule has 10 heteroatoms. The summed E-state index contributed by atoms with van der Waals surface area (Å²) >= 11 is 15.3. The first-order chi connectivity index (χ1) is 18.2. The zero-order valence-electron chi connectivity index (χ0n) is 20.2. The van der Waals surface area contributed by atoms with Gasteiger partial charge in [-0.15, -0.1) is 0 Å². The Hall–Kier alpha value is -3.20. The van der Waals surface area contributed by atoms with Crippen molar-refractivity contribution in [1.82, 2.24) is 10.2 Å². The van der Waals surface area contributed by atoms with E-state index >= 15 is 0 Å². The first-order valence-corrected chi connectivity index (χ1v) is 13.5. The van der Waals surface area contributed by atoms with Gasteiger partial charge in [0.2, 0.25) is 0 Å². The predicted octanol–water partition coefficient (Wildman–Crippen LogP) is 5.75. The number of carbonyl (C=O) groups is 4. The van der Waals surface area contributed by atoms with Gasteiger partial charge in [-0.1, -0.05) is 51.3 Å². The molecule has 7 nitrogen and oxygen atoms in total. The van der Waals surface area contributed by atoms with Gasteiger partial charge in [-0.25, -0.2) is 0 Å². The SMILES string of the molecule is O=C(Nc1ccc(CNC(=O)c2ccc(Br)cc2)cc1)C(=O)N1CCC(C(=O)c2ccc(Cl)c(Cl)c2)CC1. The average molecular weight is 617 g/mol. The lowest BCUT2D eigenvalue weighted by atomic mass is 9.89. The third-order valence-corrected chi connectivity index (χ3v) is 7.59. The first-order valence-electron chi connectivity index (χ1n) is 11.9. The van der Waals surface area contributed by atoms with Crippen LogP contribution in [0.15, 0.2) is 71.2 Å². The van der Waals surface area contributed by atoms with E-state index in [1.165, 1.54) is 4.90 Å². The van der Waals surface area contributed by atoms with Crippen molar-refractivity contribution in [2.75, 3.05) is 18.4 Å². The molecule has 38 heavy (non-hydrogen) atoms. The molecule has 0 bridgehead atoms. The molecule has 0 saturated carbocycles. The topological polar surface area (TPSA) is 95.6 Å². The van der Waals surface area contributed by atoms with E-state index in [1.54, 1.807) is 66.7 Å². The highest BCUT2D eigenvalue weighted by Crippen LogP contribution is 2.27. The van der Waals surface area contributed by atoms with Gasteiger partial charge in [0.15, 0.2) is 5.78 Å². The van der Waals surface area contributed by atoms with E-state index < -0.39 is 11.8 Å². The zero-order chi connectivity index (χ0) is 27.2. The number of piperidine rings is 1. The molecule has 0 atom stereocenters. The van der Waals surface area contributed by atoms with Crippen molar-refractivity contribution in [2.24, 2.45) is 5.92 Å². The summed E-state index contributed by atoms with van der Waals surface area (Å²) < 4.78 is 0.893. The van der Waals surface area contributed by atoms with E-state index in [0.717, 1.165) is 10.0 Å². The Morgan fingerprint density at radius 1 is 0.842 bits per heavy atom. The number of likely N-dealkylation sites (tertiary alicyclic amines) is 1. The van der Waals surface area contributed by atoms with Gasteiger partial charge in [-0.2, -0.15) is 0 Å². The minimum atomic E-state index is -0.740. The lowest BCUT2D eigenvalue weighted by molar-refractivity contribution is -0.144. The van der Waals surface area contributed by atoms with Crippen LogP contribution in [0.2, 0.25) is 10.0 Å². The number of carbonyl (C=O) groups excluding carboxylic acids is 4. The van der Waals surface area contributed by atoms with Crippen LogP contribution in [0.25, 0.3) is 0 Å². The molecule has 3 aromatic carbocycles. The van der Waals surface area contributed by atoms with E-state index in [2.05, 4.69) is 26.6 Å². The minimum absolute atomic E-state index is 0.0479. The lowest BCUT2D eigenvalue weighted by Gasteiger charge is -2.30. The molecule has 1 aliphatic heterocycles. The summed E-state index contributed by atoms with van der Waals surface area (Å²) in [6.07, 6.45) is 0.914. The van der Waals surface area contributed by atoms with E-state index in [-0.39, 0.29) is 17.6 Å². The molecule has 0 aromatic heterocycles. The normalized spacial score (nSPS) is 13.6. The molecule has 0 unspecified atom stereocenters. The van der Waals surface area contributed by atoms with Crippen LogP contribution in [0.3, 0.4) is 0 Å². The highest BCUT2D eigenvalue weighted by Gasteiger charge is 2.30. The number of ketones is 1. The highest BCUT2D eigenvalue weighted by atomic mass is 79.9. The Kier molecular flexibility index (Phi) is 9.20. The number of halogens is 3. The molecule has 196 valence electrons. The number of hydrogen-bond acceptors (Lipinski definition) is 4. The Balaban J connectivity index is 1.24. The third-order valence-electron chi connectivity index (χ3n) is 6.32. The monoisotopic (exact) mass is 615 g/mol. The van der Waals surface area contributed by atoms with E-state index in [4.69, 9.17) is 23.2 Å². The minimum Gasteiger partial charge on any atom is -0.348 e. The number of nitrogens with zero attached hydrogens (tertiary/aromatic N) is 1. The number of nitrogens with one attached hydrogen (secondary N) is 2. The molecule has 3 aromatic rings. The Morgan fingerprint density at radius 3 is 2.11 bits per heavy atom. The molecule has 1 aliphatic rings. The van der Waals surface area contributed by atoms with Gasteiger partial charge in [-0.05, 0) is 73.0 Å². The van der Waals surface area contributed by atoms with Crippen LogP contribution in [0.4, 0.5) is 5.69 Å². The smallest absolute Gasteiger partial charge is 0.313 e. The Labute approximate surface area is 238 Å².